The predicted octanol–water partition coefficient (Wildman–Crippen LogP) is 2.32. The number of aromatic nitrogens is 3. The molecule has 0 N–H and O–H groups in total. The Bertz CT molecular complexity index is 1350. The Hall–Kier alpha value is -3.26. The number of fused-ring (bicyclic) bond motifs is 1. The molecule has 0 bridgehead atoms. The zero-order valence-corrected chi connectivity index (χ0v) is 18.8. The smallest absolute Gasteiger partial charge is 0.338 e. The highest BCUT2D eigenvalue weighted by atomic mass is 32.1. The van der Waals surface area contributed by atoms with Crippen molar-refractivity contribution in [2.75, 3.05) is 6.61 Å². The number of thiazole rings is 1. The van der Waals surface area contributed by atoms with Crippen LogP contribution in [0.15, 0.2) is 57.6 Å². The summed E-state index contributed by atoms with van der Waals surface area (Å²) < 4.78 is 9.35. The number of carbonyl (C=O) groups is 1. The normalized spacial score (nSPS) is 16.3. The number of benzene rings is 1. The molecule has 1 atom stereocenters. The molecule has 2 aromatic heterocycles. The maximum Gasteiger partial charge on any atom is 0.338 e. The molecule has 7 nitrogen and oxygen atoms in total. The summed E-state index contributed by atoms with van der Waals surface area (Å²) >= 11 is 1.32. The molecule has 8 heteroatoms. The van der Waals surface area contributed by atoms with Crippen LogP contribution in [0.1, 0.15) is 43.6 Å². The van der Waals surface area contributed by atoms with E-state index in [1.54, 1.807) is 24.6 Å². The summed E-state index contributed by atoms with van der Waals surface area (Å²) in [6, 6.07) is 8.93. The summed E-state index contributed by atoms with van der Waals surface area (Å²) in [5.74, 6) is -0.452. The molecule has 4 rings (SSSR count). The van der Waals surface area contributed by atoms with Crippen LogP contribution in [0.4, 0.5) is 0 Å². The summed E-state index contributed by atoms with van der Waals surface area (Å²) in [7, 11) is 0. The summed E-state index contributed by atoms with van der Waals surface area (Å²) in [4.78, 5) is 31.5. The molecular formula is C23H24N4O3S. The van der Waals surface area contributed by atoms with Crippen LogP contribution < -0.4 is 14.9 Å². The van der Waals surface area contributed by atoms with Crippen LogP contribution in [0.3, 0.4) is 0 Å². The standard InChI is InChI=1S/C23H24N4O3S/c1-5-26-15(4)17(13-24-26)12-18-21(28)27-20(16-10-8-7-9-11-16)19(22(29)30-6-2)14(3)25-23(27)31-18/h7-13,20H,5-6H2,1-4H3. The van der Waals surface area contributed by atoms with E-state index in [9.17, 15) is 9.59 Å². The molecule has 1 unspecified atom stereocenters. The van der Waals surface area contributed by atoms with Crippen molar-refractivity contribution in [1.29, 1.82) is 0 Å². The Balaban J connectivity index is 1.95. The molecule has 0 saturated carbocycles. The quantitative estimate of drug-likeness (QED) is 0.575. The zero-order valence-electron chi connectivity index (χ0n) is 18.0. The van der Waals surface area contributed by atoms with Gasteiger partial charge in [-0.15, -0.1) is 0 Å². The van der Waals surface area contributed by atoms with Crippen molar-refractivity contribution in [1.82, 2.24) is 14.3 Å². The lowest BCUT2D eigenvalue weighted by molar-refractivity contribution is -0.139. The lowest BCUT2D eigenvalue weighted by Gasteiger charge is -2.24. The molecule has 1 aliphatic rings. The largest absolute Gasteiger partial charge is 0.463 e. The molecule has 0 saturated heterocycles. The summed E-state index contributed by atoms with van der Waals surface area (Å²) in [6.07, 6.45) is 3.62. The van der Waals surface area contributed by atoms with Gasteiger partial charge in [-0.3, -0.25) is 14.0 Å². The Morgan fingerprint density at radius 3 is 2.61 bits per heavy atom. The average molecular weight is 437 g/mol. The van der Waals surface area contributed by atoms with Crippen LogP contribution in [-0.4, -0.2) is 26.9 Å². The van der Waals surface area contributed by atoms with Crippen LogP contribution in [0.25, 0.3) is 6.08 Å². The lowest BCUT2D eigenvalue weighted by atomic mass is 9.96. The minimum Gasteiger partial charge on any atom is -0.463 e. The fourth-order valence-electron chi connectivity index (χ4n) is 3.80. The number of hydrogen-bond donors (Lipinski definition) is 0. The van der Waals surface area contributed by atoms with Gasteiger partial charge in [0.2, 0.25) is 0 Å². The van der Waals surface area contributed by atoms with E-state index in [0.29, 0.717) is 20.6 Å². The number of esters is 1. The van der Waals surface area contributed by atoms with Gasteiger partial charge in [0, 0.05) is 17.8 Å². The van der Waals surface area contributed by atoms with E-state index in [-0.39, 0.29) is 12.2 Å². The molecule has 0 fully saturated rings. The molecular weight excluding hydrogens is 412 g/mol. The third-order valence-electron chi connectivity index (χ3n) is 5.36. The van der Waals surface area contributed by atoms with Crippen molar-refractivity contribution in [3.8, 4) is 0 Å². The van der Waals surface area contributed by atoms with Gasteiger partial charge >= 0.3 is 5.97 Å². The number of aryl methyl sites for hydroxylation is 1. The predicted molar refractivity (Wildman–Crippen MR) is 119 cm³/mol. The first kappa shape index (κ1) is 21.0. The second-order valence-corrected chi connectivity index (χ2v) is 8.22. The monoisotopic (exact) mass is 436 g/mol. The first-order valence-electron chi connectivity index (χ1n) is 10.2. The second kappa shape index (κ2) is 8.47. The third kappa shape index (κ3) is 3.67. The van der Waals surface area contributed by atoms with Crippen molar-refractivity contribution in [3.05, 3.63) is 84.3 Å². The Morgan fingerprint density at radius 2 is 1.97 bits per heavy atom. The van der Waals surface area contributed by atoms with Gasteiger partial charge in [-0.2, -0.15) is 5.10 Å². The highest BCUT2D eigenvalue weighted by molar-refractivity contribution is 7.07. The van der Waals surface area contributed by atoms with Crippen molar-refractivity contribution in [2.24, 2.45) is 4.99 Å². The van der Waals surface area contributed by atoms with Crippen LogP contribution in [0.5, 0.6) is 0 Å². The van der Waals surface area contributed by atoms with Gasteiger partial charge in [-0.1, -0.05) is 41.7 Å². The molecule has 1 aliphatic heterocycles. The maximum atomic E-state index is 13.5. The van der Waals surface area contributed by atoms with E-state index in [0.717, 1.165) is 23.4 Å². The Kier molecular flexibility index (Phi) is 5.73. The minimum absolute atomic E-state index is 0.185. The van der Waals surface area contributed by atoms with Crippen LogP contribution in [-0.2, 0) is 16.1 Å². The molecule has 1 aromatic carbocycles. The molecule has 0 spiro atoms. The maximum absolute atomic E-state index is 13.5. The van der Waals surface area contributed by atoms with Gasteiger partial charge < -0.3 is 4.74 Å². The van der Waals surface area contributed by atoms with Crippen molar-refractivity contribution >= 4 is 23.4 Å². The highest BCUT2D eigenvalue weighted by Crippen LogP contribution is 2.30. The second-order valence-electron chi connectivity index (χ2n) is 7.21. The minimum atomic E-state index is -0.585. The molecule has 0 aliphatic carbocycles. The van der Waals surface area contributed by atoms with Gasteiger partial charge in [0.05, 0.1) is 34.6 Å². The van der Waals surface area contributed by atoms with Crippen molar-refractivity contribution in [3.63, 3.8) is 0 Å². The van der Waals surface area contributed by atoms with Crippen molar-refractivity contribution in [2.45, 2.75) is 40.3 Å². The molecule has 31 heavy (non-hydrogen) atoms. The number of rotatable bonds is 5. The molecule has 3 aromatic rings. The van der Waals surface area contributed by atoms with Gasteiger partial charge in [0.15, 0.2) is 4.80 Å². The summed E-state index contributed by atoms with van der Waals surface area (Å²) in [5.41, 5.74) is 3.50. The first-order chi connectivity index (χ1) is 15.0. The molecule has 0 radical (unpaired) electrons. The van der Waals surface area contributed by atoms with Gasteiger partial charge in [-0.05, 0) is 39.3 Å². The third-order valence-corrected chi connectivity index (χ3v) is 6.34. The molecule has 0 amide bonds. The highest BCUT2D eigenvalue weighted by Gasteiger charge is 2.33. The Morgan fingerprint density at radius 1 is 1.23 bits per heavy atom. The van der Waals surface area contributed by atoms with Crippen LogP contribution in [0, 0.1) is 6.92 Å². The van der Waals surface area contributed by atoms with Gasteiger partial charge in [0.25, 0.3) is 5.56 Å². The van der Waals surface area contributed by atoms with Gasteiger partial charge in [-0.25, -0.2) is 9.79 Å². The van der Waals surface area contributed by atoms with Crippen LogP contribution in [0.2, 0.25) is 0 Å². The van der Waals surface area contributed by atoms with E-state index in [1.807, 2.05) is 54.9 Å². The zero-order chi connectivity index (χ0) is 22.1. The number of carbonyl (C=O) groups excluding carboxylic acids is 1. The number of ether oxygens (including phenoxy) is 1. The summed E-state index contributed by atoms with van der Waals surface area (Å²) in [5, 5.41) is 4.36. The van der Waals surface area contributed by atoms with E-state index in [4.69, 9.17) is 4.74 Å². The Labute approximate surface area is 183 Å². The van der Waals surface area contributed by atoms with E-state index < -0.39 is 12.0 Å². The van der Waals surface area contributed by atoms with E-state index in [1.165, 1.54) is 11.3 Å². The molecule has 160 valence electrons. The summed E-state index contributed by atoms with van der Waals surface area (Å²) in [6.45, 7) is 8.57. The first-order valence-corrected chi connectivity index (χ1v) is 11.0. The average Bonchev–Trinajstić information content (AvgIpc) is 3.27. The number of allylic oxidation sites excluding steroid dienone is 1. The van der Waals surface area contributed by atoms with Crippen LogP contribution >= 0.6 is 11.3 Å². The molecule has 3 heterocycles. The topological polar surface area (TPSA) is 78.5 Å². The van der Waals surface area contributed by atoms with Crippen molar-refractivity contribution < 1.29 is 9.53 Å². The number of hydrogen-bond acceptors (Lipinski definition) is 6. The van der Waals surface area contributed by atoms with E-state index in [2.05, 4.69) is 10.1 Å². The number of nitrogens with zero attached hydrogens (tertiary/aromatic N) is 4. The van der Waals surface area contributed by atoms with Gasteiger partial charge in [0.1, 0.15) is 0 Å². The fraction of sp³-hybridized carbons (Fsp3) is 0.304. The fourth-order valence-corrected chi connectivity index (χ4v) is 4.84. The lowest BCUT2D eigenvalue weighted by Crippen LogP contribution is -2.39. The van der Waals surface area contributed by atoms with E-state index >= 15 is 0 Å². The SMILES string of the molecule is CCOC(=O)C1=C(C)N=c2sc(=Cc3cnn(CC)c3C)c(=O)n2C1c1ccccc1.